The standard InChI is InChI=1S/C18H21Cl/c1-4-5-15-7-9-16(10-8-15)18(19)17-11-6-13(2)12-14(17)3/h6-12,18H,4-5H2,1-3H3. The lowest BCUT2D eigenvalue weighted by Gasteiger charge is -2.14. The van der Waals surface area contributed by atoms with Crippen LogP contribution in [0.1, 0.15) is 46.5 Å². The van der Waals surface area contributed by atoms with Crippen molar-refractivity contribution in [2.24, 2.45) is 0 Å². The molecule has 1 atom stereocenters. The second-order valence-electron chi connectivity index (χ2n) is 5.21. The molecule has 0 radical (unpaired) electrons. The molecule has 0 aliphatic rings. The van der Waals surface area contributed by atoms with E-state index in [1.807, 2.05) is 0 Å². The van der Waals surface area contributed by atoms with Crippen LogP contribution >= 0.6 is 11.6 Å². The summed E-state index contributed by atoms with van der Waals surface area (Å²) in [6.07, 6.45) is 2.32. The van der Waals surface area contributed by atoms with E-state index in [2.05, 4.69) is 63.2 Å². The molecule has 0 bridgehead atoms. The molecule has 0 aliphatic carbocycles. The minimum atomic E-state index is -0.0590. The van der Waals surface area contributed by atoms with Gasteiger partial charge in [-0.3, -0.25) is 0 Å². The maximum absolute atomic E-state index is 6.62. The maximum Gasteiger partial charge on any atom is 0.0838 e. The van der Waals surface area contributed by atoms with Crippen molar-refractivity contribution in [2.75, 3.05) is 0 Å². The quantitative estimate of drug-likeness (QED) is 0.637. The largest absolute Gasteiger partial charge is 0.113 e. The lowest BCUT2D eigenvalue weighted by molar-refractivity contribution is 0.920. The van der Waals surface area contributed by atoms with Crippen LogP contribution in [0, 0.1) is 13.8 Å². The van der Waals surface area contributed by atoms with Crippen molar-refractivity contribution in [3.05, 3.63) is 70.3 Å². The van der Waals surface area contributed by atoms with Gasteiger partial charge >= 0.3 is 0 Å². The number of halogens is 1. The van der Waals surface area contributed by atoms with Crippen LogP contribution in [0.15, 0.2) is 42.5 Å². The van der Waals surface area contributed by atoms with E-state index in [1.165, 1.54) is 34.2 Å². The zero-order valence-corrected chi connectivity index (χ0v) is 12.7. The van der Waals surface area contributed by atoms with E-state index in [1.54, 1.807) is 0 Å². The molecule has 100 valence electrons. The van der Waals surface area contributed by atoms with Crippen LogP contribution in [0.5, 0.6) is 0 Å². The first-order valence-corrected chi connectivity index (χ1v) is 7.35. The Hall–Kier alpha value is -1.27. The molecule has 0 aliphatic heterocycles. The van der Waals surface area contributed by atoms with Crippen molar-refractivity contribution < 1.29 is 0 Å². The molecule has 0 saturated heterocycles. The molecule has 0 saturated carbocycles. The van der Waals surface area contributed by atoms with Crippen LogP contribution in [0.4, 0.5) is 0 Å². The van der Waals surface area contributed by atoms with Gasteiger partial charge < -0.3 is 0 Å². The van der Waals surface area contributed by atoms with Crippen molar-refractivity contribution in [2.45, 2.75) is 39.0 Å². The highest BCUT2D eigenvalue weighted by Gasteiger charge is 2.12. The van der Waals surface area contributed by atoms with E-state index in [9.17, 15) is 0 Å². The summed E-state index contributed by atoms with van der Waals surface area (Å²) in [6.45, 7) is 6.44. The summed E-state index contributed by atoms with van der Waals surface area (Å²) < 4.78 is 0. The Morgan fingerprint density at radius 1 is 1.00 bits per heavy atom. The third-order valence-electron chi connectivity index (χ3n) is 3.51. The van der Waals surface area contributed by atoms with Gasteiger partial charge in [0.25, 0.3) is 0 Å². The summed E-state index contributed by atoms with van der Waals surface area (Å²) in [6, 6.07) is 15.2. The lowest BCUT2D eigenvalue weighted by atomic mass is 9.97. The highest BCUT2D eigenvalue weighted by Crippen LogP contribution is 2.31. The Kier molecular flexibility index (Phi) is 4.66. The van der Waals surface area contributed by atoms with E-state index < -0.39 is 0 Å². The second-order valence-corrected chi connectivity index (χ2v) is 5.65. The van der Waals surface area contributed by atoms with Gasteiger partial charge in [0.2, 0.25) is 0 Å². The highest BCUT2D eigenvalue weighted by atomic mass is 35.5. The second kappa shape index (κ2) is 6.25. The summed E-state index contributed by atoms with van der Waals surface area (Å²) >= 11 is 6.62. The molecular formula is C18H21Cl. The number of alkyl halides is 1. The van der Waals surface area contributed by atoms with Crippen molar-refractivity contribution in [3.63, 3.8) is 0 Å². The van der Waals surface area contributed by atoms with Gasteiger partial charge in [0, 0.05) is 0 Å². The highest BCUT2D eigenvalue weighted by molar-refractivity contribution is 6.22. The molecule has 0 N–H and O–H groups in total. The topological polar surface area (TPSA) is 0 Å². The number of benzene rings is 2. The molecule has 1 heteroatoms. The molecule has 2 aromatic rings. The fourth-order valence-electron chi connectivity index (χ4n) is 2.43. The van der Waals surface area contributed by atoms with Crippen molar-refractivity contribution in [1.82, 2.24) is 0 Å². The molecule has 0 heterocycles. The predicted molar refractivity (Wildman–Crippen MR) is 84.0 cm³/mol. The summed E-state index contributed by atoms with van der Waals surface area (Å²) in [7, 11) is 0. The van der Waals surface area contributed by atoms with E-state index in [0.29, 0.717) is 0 Å². The van der Waals surface area contributed by atoms with Crippen molar-refractivity contribution in [3.8, 4) is 0 Å². The fourth-order valence-corrected chi connectivity index (χ4v) is 2.82. The summed E-state index contributed by atoms with van der Waals surface area (Å²) in [5.74, 6) is 0. The van der Waals surface area contributed by atoms with Crippen LogP contribution in [0.25, 0.3) is 0 Å². The Bertz CT molecular complexity index is 540. The minimum Gasteiger partial charge on any atom is -0.113 e. The van der Waals surface area contributed by atoms with Gasteiger partial charge in [-0.1, -0.05) is 61.4 Å². The lowest BCUT2D eigenvalue weighted by Crippen LogP contribution is -1.97. The number of hydrogen-bond donors (Lipinski definition) is 0. The molecule has 0 aromatic heterocycles. The first-order chi connectivity index (χ1) is 9.11. The van der Waals surface area contributed by atoms with Crippen LogP contribution in [-0.4, -0.2) is 0 Å². The molecule has 0 amide bonds. The van der Waals surface area contributed by atoms with Crippen LogP contribution in [0.2, 0.25) is 0 Å². The summed E-state index contributed by atoms with van der Waals surface area (Å²) in [4.78, 5) is 0. The first-order valence-electron chi connectivity index (χ1n) is 6.92. The Labute approximate surface area is 121 Å². The Morgan fingerprint density at radius 2 is 1.68 bits per heavy atom. The minimum absolute atomic E-state index is 0.0590. The fraction of sp³-hybridized carbons (Fsp3) is 0.333. The van der Waals surface area contributed by atoms with Gasteiger partial charge in [-0.05, 0) is 42.5 Å². The molecule has 0 nitrogen and oxygen atoms in total. The average molecular weight is 273 g/mol. The Morgan fingerprint density at radius 3 is 2.26 bits per heavy atom. The summed E-state index contributed by atoms with van der Waals surface area (Å²) in [5.41, 5.74) is 6.31. The van der Waals surface area contributed by atoms with Gasteiger partial charge in [-0.15, -0.1) is 11.6 Å². The smallest absolute Gasteiger partial charge is 0.0838 e. The molecule has 0 fully saturated rings. The molecule has 19 heavy (non-hydrogen) atoms. The van der Waals surface area contributed by atoms with Crippen molar-refractivity contribution in [1.29, 1.82) is 0 Å². The maximum atomic E-state index is 6.62. The van der Waals surface area contributed by atoms with Gasteiger partial charge in [0.05, 0.1) is 5.38 Å². The molecule has 2 rings (SSSR count). The number of aryl methyl sites for hydroxylation is 3. The Balaban J connectivity index is 2.25. The van der Waals surface area contributed by atoms with Gasteiger partial charge in [0.1, 0.15) is 0 Å². The number of hydrogen-bond acceptors (Lipinski definition) is 0. The zero-order valence-electron chi connectivity index (χ0n) is 11.9. The van der Waals surface area contributed by atoms with E-state index in [0.717, 1.165) is 6.42 Å². The van der Waals surface area contributed by atoms with Gasteiger partial charge in [0.15, 0.2) is 0 Å². The molecule has 2 aromatic carbocycles. The molecule has 0 spiro atoms. The predicted octanol–water partition coefficient (Wildman–Crippen LogP) is 5.58. The van der Waals surface area contributed by atoms with E-state index in [4.69, 9.17) is 11.6 Å². The van der Waals surface area contributed by atoms with Crippen LogP contribution in [-0.2, 0) is 6.42 Å². The van der Waals surface area contributed by atoms with Crippen molar-refractivity contribution >= 4 is 11.6 Å². The monoisotopic (exact) mass is 272 g/mol. The van der Waals surface area contributed by atoms with Crippen LogP contribution < -0.4 is 0 Å². The first kappa shape index (κ1) is 14.1. The SMILES string of the molecule is CCCc1ccc(C(Cl)c2ccc(C)cc2C)cc1. The molecular weight excluding hydrogens is 252 g/mol. The third-order valence-corrected chi connectivity index (χ3v) is 4.00. The van der Waals surface area contributed by atoms with E-state index >= 15 is 0 Å². The third kappa shape index (κ3) is 3.39. The number of rotatable bonds is 4. The zero-order chi connectivity index (χ0) is 13.8. The normalized spacial score (nSPS) is 12.4. The molecule has 1 unspecified atom stereocenters. The summed E-state index contributed by atoms with van der Waals surface area (Å²) in [5, 5.41) is -0.0590. The average Bonchev–Trinajstić information content (AvgIpc) is 2.39. The van der Waals surface area contributed by atoms with Gasteiger partial charge in [-0.25, -0.2) is 0 Å². The van der Waals surface area contributed by atoms with Gasteiger partial charge in [-0.2, -0.15) is 0 Å². The van der Waals surface area contributed by atoms with Crippen LogP contribution in [0.3, 0.4) is 0 Å². The van der Waals surface area contributed by atoms with E-state index in [-0.39, 0.29) is 5.38 Å².